The SMILES string of the molecule is COc1cc2c(cc1OC)[C@@H]1[C@@H]3Cc4cc(OC)c(OC)cc4[C@H](COC(=O)/C=C/c4ccc5ccccc5c4)N3[C@@H](C#N)[C@H](C2)N1C. The molecule has 5 atom stereocenters. The van der Waals surface area contributed by atoms with E-state index in [1.165, 1.54) is 6.08 Å². The van der Waals surface area contributed by atoms with Crippen LogP contribution in [-0.2, 0) is 22.4 Å². The third-order valence-corrected chi connectivity index (χ3v) is 10.3. The number of methoxy groups -OCH3 is 4. The Labute approximate surface area is 280 Å². The minimum Gasteiger partial charge on any atom is -0.493 e. The maximum absolute atomic E-state index is 13.2. The van der Waals surface area contributed by atoms with Crippen LogP contribution in [0.4, 0.5) is 0 Å². The maximum atomic E-state index is 13.2. The molecule has 0 aliphatic carbocycles. The molecular weight excluding hydrogens is 606 g/mol. The van der Waals surface area contributed by atoms with E-state index in [-0.39, 0.29) is 30.8 Å². The van der Waals surface area contributed by atoms with Gasteiger partial charge in [0.05, 0.1) is 46.6 Å². The quantitative estimate of drug-likeness (QED) is 0.172. The Morgan fingerprint density at radius 2 is 1.42 bits per heavy atom. The van der Waals surface area contributed by atoms with Crippen LogP contribution in [0, 0.1) is 11.3 Å². The van der Waals surface area contributed by atoms with Gasteiger partial charge in [0.2, 0.25) is 0 Å². The molecule has 7 rings (SSSR count). The van der Waals surface area contributed by atoms with Gasteiger partial charge in [-0.3, -0.25) is 9.80 Å². The van der Waals surface area contributed by atoms with Gasteiger partial charge >= 0.3 is 5.97 Å². The molecule has 0 aromatic heterocycles. The number of carbonyl (C=O) groups excluding carboxylic acids is 1. The number of fused-ring (bicyclic) bond motifs is 8. The number of ether oxygens (including phenoxy) is 5. The van der Waals surface area contributed by atoms with Gasteiger partial charge in [-0.15, -0.1) is 0 Å². The van der Waals surface area contributed by atoms with Gasteiger partial charge in [-0.25, -0.2) is 4.79 Å². The van der Waals surface area contributed by atoms with Crippen LogP contribution in [-0.4, -0.2) is 76.0 Å². The Morgan fingerprint density at radius 3 is 2.08 bits per heavy atom. The average molecular weight is 646 g/mol. The molecule has 4 aromatic carbocycles. The molecule has 48 heavy (non-hydrogen) atoms. The molecule has 4 aromatic rings. The van der Waals surface area contributed by atoms with E-state index >= 15 is 0 Å². The monoisotopic (exact) mass is 645 g/mol. The summed E-state index contributed by atoms with van der Waals surface area (Å²) in [6.45, 7) is 0.0694. The van der Waals surface area contributed by atoms with E-state index in [0.29, 0.717) is 35.8 Å². The molecule has 3 aliphatic rings. The highest BCUT2D eigenvalue weighted by Gasteiger charge is 2.54. The van der Waals surface area contributed by atoms with Crippen molar-refractivity contribution in [2.45, 2.75) is 43.1 Å². The molecule has 0 spiro atoms. The van der Waals surface area contributed by atoms with E-state index in [4.69, 9.17) is 23.7 Å². The molecule has 1 fully saturated rings. The summed E-state index contributed by atoms with van der Waals surface area (Å²) >= 11 is 0. The highest BCUT2D eigenvalue weighted by atomic mass is 16.5. The molecule has 0 N–H and O–H groups in total. The van der Waals surface area contributed by atoms with Gasteiger partial charge in [-0.1, -0.05) is 36.4 Å². The van der Waals surface area contributed by atoms with Crippen molar-refractivity contribution >= 4 is 22.8 Å². The lowest BCUT2D eigenvalue weighted by Crippen LogP contribution is -2.68. The second-order valence-corrected chi connectivity index (χ2v) is 12.6. The van der Waals surface area contributed by atoms with Crippen molar-refractivity contribution in [2.75, 3.05) is 42.1 Å². The summed E-state index contributed by atoms with van der Waals surface area (Å²) in [5.41, 5.74) is 5.24. The highest BCUT2D eigenvalue weighted by molar-refractivity contribution is 5.89. The topological polar surface area (TPSA) is 93.5 Å². The van der Waals surface area contributed by atoms with Crippen LogP contribution in [0.5, 0.6) is 23.0 Å². The lowest BCUT2D eigenvalue weighted by Gasteiger charge is -2.59. The van der Waals surface area contributed by atoms with Crippen molar-refractivity contribution in [2.24, 2.45) is 0 Å². The van der Waals surface area contributed by atoms with Crippen LogP contribution in [0.1, 0.15) is 39.9 Å². The molecule has 2 bridgehead atoms. The number of likely N-dealkylation sites (N-methyl/N-ethyl adjacent to an activating group) is 1. The Bertz CT molecular complexity index is 1950. The van der Waals surface area contributed by atoms with Gasteiger partial charge in [-0.2, -0.15) is 5.26 Å². The highest BCUT2D eigenvalue weighted by Crippen LogP contribution is 2.52. The number of nitrogens with zero attached hydrogens (tertiary/aromatic N) is 3. The fourth-order valence-electron chi connectivity index (χ4n) is 8.03. The number of esters is 1. The summed E-state index contributed by atoms with van der Waals surface area (Å²) < 4.78 is 28.8. The number of hydrogen-bond acceptors (Lipinski definition) is 9. The van der Waals surface area contributed by atoms with Crippen LogP contribution in [0.2, 0.25) is 0 Å². The Kier molecular flexibility index (Phi) is 8.46. The first kappa shape index (κ1) is 31.6. The van der Waals surface area contributed by atoms with Crippen molar-refractivity contribution in [1.29, 1.82) is 5.26 Å². The first-order chi connectivity index (χ1) is 23.4. The average Bonchev–Trinajstić information content (AvgIpc) is 3.11. The van der Waals surface area contributed by atoms with Crippen molar-refractivity contribution in [3.63, 3.8) is 0 Å². The van der Waals surface area contributed by atoms with E-state index in [0.717, 1.165) is 38.6 Å². The predicted octanol–water partition coefficient (Wildman–Crippen LogP) is 5.90. The summed E-state index contributed by atoms with van der Waals surface area (Å²) in [4.78, 5) is 17.9. The third-order valence-electron chi connectivity index (χ3n) is 10.3. The second kappa shape index (κ2) is 12.9. The van der Waals surface area contributed by atoms with Gasteiger partial charge in [0, 0.05) is 18.2 Å². The fourth-order valence-corrected chi connectivity index (χ4v) is 8.03. The number of piperazine rings is 1. The normalized spacial score (nSPS) is 23.0. The molecule has 0 amide bonds. The van der Waals surface area contributed by atoms with Crippen LogP contribution in [0.3, 0.4) is 0 Å². The Hall–Kier alpha value is -5.04. The van der Waals surface area contributed by atoms with E-state index in [1.54, 1.807) is 34.5 Å². The summed E-state index contributed by atoms with van der Waals surface area (Å²) in [5.74, 6) is 2.12. The minimum atomic E-state index is -0.462. The molecule has 0 saturated carbocycles. The molecule has 0 radical (unpaired) electrons. The number of hydrogen-bond donors (Lipinski definition) is 0. The van der Waals surface area contributed by atoms with Gasteiger partial charge < -0.3 is 23.7 Å². The first-order valence-corrected chi connectivity index (χ1v) is 16.1. The summed E-state index contributed by atoms with van der Waals surface area (Å²) in [5, 5.41) is 13.0. The smallest absolute Gasteiger partial charge is 0.330 e. The zero-order valence-electron chi connectivity index (χ0n) is 27.8. The van der Waals surface area contributed by atoms with Gasteiger partial charge in [0.25, 0.3) is 0 Å². The number of carbonyl (C=O) groups is 1. The van der Waals surface area contributed by atoms with E-state index in [9.17, 15) is 10.1 Å². The maximum Gasteiger partial charge on any atom is 0.330 e. The Balaban J connectivity index is 1.26. The molecule has 3 aliphatic heterocycles. The van der Waals surface area contributed by atoms with E-state index in [1.807, 2.05) is 48.5 Å². The van der Waals surface area contributed by atoms with Crippen molar-refractivity contribution in [3.05, 3.63) is 101 Å². The fraction of sp³-hybridized carbons (Fsp3) is 0.333. The molecule has 246 valence electrons. The summed E-state index contributed by atoms with van der Waals surface area (Å²) in [7, 11) is 8.63. The third kappa shape index (κ3) is 5.31. The summed E-state index contributed by atoms with van der Waals surface area (Å²) in [6.07, 6.45) is 4.58. The van der Waals surface area contributed by atoms with Crippen LogP contribution in [0.25, 0.3) is 16.8 Å². The van der Waals surface area contributed by atoms with Gasteiger partial charge in [-0.05, 0) is 94.9 Å². The zero-order valence-corrected chi connectivity index (χ0v) is 27.8. The summed E-state index contributed by atoms with van der Waals surface area (Å²) in [6, 6.07) is 23.9. The first-order valence-electron chi connectivity index (χ1n) is 16.1. The van der Waals surface area contributed by atoms with Crippen molar-refractivity contribution < 1.29 is 28.5 Å². The number of rotatable bonds is 8. The Morgan fingerprint density at radius 1 is 0.812 bits per heavy atom. The molecule has 3 heterocycles. The van der Waals surface area contributed by atoms with Crippen molar-refractivity contribution in [3.8, 4) is 29.1 Å². The molecule has 9 heteroatoms. The van der Waals surface area contributed by atoms with Crippen LogP contribution < -0.4 is 18.9 Å². The zero-order chi connectivity index (χ0) is 33.5. The lowest BCUT2D eigenvalue weighted by molar-refractivity contribution is -0.143. The molecular formula is C39H39N3O6. The van der Waals surface area contributed by atoms with Crippen LogP contribution >= 0.6 is 0 Å². The lowest BCUT2D eigenvalue weighted by atomic mass is 9.72. The number of benzene rings is 4. The van der Waals surface area contributed by atoms with Gasteiger partial charge in [0.1, 0.15) is 12.6 Å². The standard InChI is InChI=1S/C39H39N3O6/c1-41-30-15-27-18-35(45-3)37(47-5)20-29(27)39(41)31-16-26-17-34(44-2)36(46-4)19-28(26)33(42(31)32(30)21-40)22-48-38(43)13-11-23-10-12-24-8-6-7-9-25(24)14-23/h6-14,17-20,30-33,39H,15-16,22H2,1-5H3/b13-11+/t30-,31-,32-,33-,39+/m0/s1. The predicted molar refractivity (Wildman–Crippen MR) is 183 cm³/mol. The van der Waals surface area contributed by atoms with E-state index in [2.05, 4.69) is 41.1 Å². The largest absolute Gasteiger partial charge is 0.493 e. The molecule has 1 saturated heterocycles. The second-order valence-electron chi connectivity index (χ2n) is 12.6. The van der Waals surface area contributed by atoms with E-state index < -0.39 is 12.0 Å². The number of nitriles is 1. The van der Waals surface area contributed by atoms with Gasteiger partial charge in [0.15, 0.2) is 23.0 Å². The molecule has 9 nitrogen and oxygen atoms in total. The molecule has 0 unspecified atom stereocenters. The van der Waals surface area contributed by atoms with Crippen molar-refractivity contribution in [1.82, 2.24) is 9.80 Å². The van der Waals surface area contributed by atoms with Crippen LogP contribution in [0.15, 0.2) is 72.8 Å². The minimum absolute atomic E-state index is 0.0459.